The summed E-state index contributed by atoms with van der Waals surface area (Å²) in [7, 11) is 0. The van der Waals surface area contributed by atoms with Crippen LogP contribution in [0.25, 0.3) is 11.8 Å². The molecule has 2 aromatic heterocycles. The first kappa shape index (κ1) is 13.9. The largest absolute Gasteiger partial charge is 0.287 e. The molecular formula is C15H10BrN3OS. The summed E-state index contributed by atoms with van der Waals surface area (Å²) in [5.74, 6) is -0.133. The Hall–Kier alpha value is -2.05. The van der Waals surface area contributed by atoms with E-state index < -0.39 is 0 Å². The maximum Gasteiger partial charge on any atom is 0.205 e. The summed E-state index contributed by atoms with van der Waals surface area (Å²) in [6.45, 7) is 0. The van der Waals surface area contributed by atoms with E-state index in [9.17, 15) is 4.79 Å². The highest BCUT2D eigenvalue weighted by Gasteiger charge is 2.11. The van der Waals surface area contributed by atoms with Crippen molar-refractivity contribution in [2.24, 2.45) is 0 Å². The van der Waals surface area contributed by atoms with Gasteiger partial charge in [0.15, 0.2) is 0 Å². The van der Waals surface area contributed by atoms with Gasteiger partial charge in [-0.2, -0.15) is 0 Å². The molecule has 0 amide bonds. The fourth-order valence-electron chi connectivity index (χ4n) is 1.83. The predicted molar refractivity (Wildman–Crippen MR) is 86.7 cm³/mol. The van der Waals surface area contributed by atoms with Crippen LogP contribution in [0.1, 0.15) is 16.1 Å². The fraction of sp³-hybridized carbons (Fsp3) is 0. The summed E-state index contributed by atoms with van der Waals surface area (Å²) >= 11 is 4.97. The molecule has 0 saturated carbocycles. The van der Waals surface area contributed by atoms with Gasteiger partial charge in [-0.05, 0) is 51.1 Å². The maximum atomic E-state index is 12.3. The zero-order valence-electron chi connectivity index (χ0n) is 10.8. The molecule has 1 aromatic carbocycles. The quantitative estimate of drug-likeness (QED) is 0.522. The molecule has 0 atom stereocenters. The highest BCUT2D eigenvalue weighted by atomic mass is 79.9. The normalized spacial score (nSPS) is 11.1. The Labute approximate surface area is 133 Å². The van der Waals surface area contributed by atoms with Crippen LogP contribution in [0.5, 0.6) is 0 Å². The number of hydrogen-bond donors (Lipinski definition) is 0. The van der Waals surface area contributed by atoms with E-state index in [0.717, 1.165) is 15.0 Å². The van der Waals surface area contributed by atoms with Crippen molar-refractivity contribution in [3.05, 3.63) is 69.1 Å². The van der Waals surface area contributed by atoms with E-state index in [0.29, 0.717) is 5.69 Å². The lowest BCUT2D eigenvalue weighted by molar-refractivity contribution is 0.104. The Balaban J connectivity index is 1.86. The molecule has 2 heterocycles. The van der Waals surface area contributed by atoms with Crippen molar-refractivity contribution >= 4 is 39.1 Å². The van der Waals surface area contributed by atoms with Gasteiger partial charge in [-0.1, -0.05) is 29.5 Å². The number of ketones is 1. The van der Waals surface area contributed by atoms with Crippen LogP contribution in [-0.2, 0) is 0 Å². The second kappa shape index (κ2) is 6.15. The van der Waals surface area contributed by atoms with Crippen molar-refractivity contribution in [1.29, 1.82) is 0 Å². The van der Waals surface area contributed by atoms with Gasteiger partial charge in [0.05, 0.1) is 15.7 Å². The van der Waals surface area contributed by atoms with Crippen LogP contribution >= 0.6 is 27.3 Å². The third-order valence-corrected chi connectivity index (χ3v) is 4.34. The maximum absolute atomic E-state index is 12.3. The van der Waals surface area contributed by atoms with Gasteiger partial charge in [0.2, 0.25) is 5.78 Å². The standard InChI is InChI=1S/C15H10BrN3OS/c16-15-8-11(10-21-15)6-7-14(20)13-9-17-18-19(13)12-4-2-1-3-5-12/h1-10H. The van der Waals surface area contributed by atoms with Gasteiger partial charge in [0.1, 0.15) is 5.69 Å². The molecule has 6 heteroatoms. The molecule has 3 aromatic rings. The van der Waals surface area contributed by atoms with Gasteiger partial charge in [0, 0.05) is 0 Å². The van der Waals surface area contributed by atoms with Gasteiger partial charge in [-0.15, -0.1) is 16.4 Å². The molecular weight excluding hydrogens is 350 g/mol. The number of rotatable bonds is 4. The third-order valence-electron chi connectivity index (χ3n) is 2.82. The third kappa shape index (κ3) is 3.17. The first-order valence-electron chi connectivity index (χ1n) is 6.16. The Kier molecular flexibility index (Phi) is 4.08. The van der Waals surface area contributed by atoms with Crippen LogP contribution in [0, 0.1) is 0 Å². The molecule has 0 unspecified atom stereocenters. The number of hydrogen-bond acceptors (Lipinski definition) is 4. The topological polar surface area (TPSA) is 47.8 Å². The van der Waals surface area contributed by atoms with Gasteiger partial charge in [-0.25, -0.2) is 4.68 Å². The van der Waals surface area contributed by atoms with Crippen molar-refractivity contribution in [3.63, 3.8) is 0 Å². The number of carbonyl (C=O) groups is 1. The van der Waals surface area contributed by atoms with Crippen molar-refractivity contribution < 1.29 is 4.79 Å². The number of para-hydroxylation sites is 1. The molecule has 21 heavy (non-hydrogen) atoms. The molecule has 0 N–H and O–H groups in total. The molecule has 0 aliphatic carbocycles. The van der Waals surface area contributed by atoms with Crippen LogP contribution in [0.3, 0.4) is 0 Å². The lowest BCUT2D eigenvalue weighted by Gasteiger charge is -2.02. The Morgan fingerprint density at radius 1 is 1.29 bits per heavy atom. The SMILES string of the molecule is O=C(C=Cc1csc(Br)c1)c1cnnn1-c1ccccc1. The second-order valence-corrected chi connectivity index (χ2v) is 6.54. The average molecular weight is 360 g/mol. The van der Waals surface area contributed by atoms with Crippen molar-refractivity contribution in [1.82, 2.24) is 15.0 Å². The summed E-state index contributed by atoms with van der Waals surface area (Å²) < 4.78 is 2.57. The highest BCUT2D eigenvalue weighted by molar-refractivity contribution is 9.11. The van der Waals surface area contributed by atoms with E-state index in [1.165, 1.54) is 17.0 Å². The first-order valence-corrected chi connectivity index (χ1v) is 7.84. The van der Waals surface area contributed by atoms with Gasteiger partial charge in [-0.3, -0.25) is 4.79 Å². The highest BCUT2D eigenvalue weighted by Crippen LogP contribution is 2.21. The fourth-order valence-corrected chi connectivity index (χ4v) is 2.98. The number of halogens is 1. The molecule has 0 spiro atoms. The van der Waals surface area contributed by atoms with Crippen LogP contribution in [0.2, 0.25) is 0 Å². The van der Waals surface area contributed by atoms with Crippen molar-refractivity contribution in [3.8, 4) is 5.69 Å². The molecule has 0 fully saturated rings. The molecule has 0 aliphatic rings. The number of thiophene rings is 1. The number of aromatic nitrogens is 3. The Morgan fingerprint density at radius 3 is 2.81 bits per heavy atom. The number of allylic oxidation sites excluding steroid dienone is 1. The molecule has 0 radical (unpaired) electrons. The zero-order valence-corrected chi connectivity index (χ0v) is 13.2. The predicted octanol–water partition coefficient (Wildman–Crippen LogP) is 3.99. The van der Waals surface area contributed by atoms with E-state index in [2.05, 4.69) is 26.2 Å². The number of nitrogens with zero attached hydrogens (tertiary/aromatic N) is 3. The lowest BCUT2D eigenvalue weighted by Crippen LogP contribution is -2.06. The summed E-state index contributed by atoms with van der Waals surface area (Å²) in [5.41, 5.74) is 2.23. The van der Waals surface area contributed by atoms with Crippen molar-refractivity contribution in [2.75, 3.05) is 0 Å². The van der Waals surface area contributed by atoms with Gasteiger partial charge in [0.25, 0.3) is 0 Å². The summed E-state index contributed by atoms with van der Waals surface area (Å²) in [6, 6.07) is 11.4. The van der Waals surface area contributed by atoms with Crippen LogP contribution in [0.4, 0.5) is 0 Å². The number of benzene rings is 1. The van der Waals surface area contributed by atoms with E-state index in [4.69, 9.17) is 0 Å². The van der Waals surface area contributed by atoms with E-state index >= 15 is 0 Å². The minimum atomic E-state index is -0.133. The number of carbonyl (C=O) groups excluding carboxylic acids is 1. The summed E-state index contributed by atoms with van der Waals surface area (Å²) in [4.78, 5) is 12.3. The molecule has 0 bridgehead atoms. The molecule has 104 valence electrons. The monoisotopic (exact) mass is 359 g/mol. The Morgan fingerprint density at radius 2 is 2.10 bits per heavy atom. The average Bonchev–Trinajstić information content (AvgIpc) is 3.14. The van der Waals surface area contributed by atoms with Crippen molar-refractivity contribution in [2.45, 2.75) is 0 Å². The van der Waals surface area contributed by atoms with Gasteiger partial charge < -0.3 is 0 Å². The summed E-state index contributed by atoms with van der Waals surface area (Å²) in [6.07, 6.45) is 4.79. The minimum Gasteiger partial charge on any atom is -0.287 e. The minimum absolute atomic E-state index is 0.133. The van der Waals surface area contributed by atoms with E-state index in [1.54, 1.807) is 17.4 Å². The van der Waals surface area contributed by atoms with Crippen LogP contribution in [0.15, 0.2) is 57.8 Å². The molecule has 3 rings (SSSR count). The smallest absolute Gasteiger partial charge is 0.205 e. The van der Waals surface area contributed by atoms with E-state index in [-0.39, 0.29) is 5.78 Å². The molecule has 0 saturated heterocycles. The summed E-state index contributed by atoms with van der Waals surface area (Å²) in [5, 5.41) is 9.78. The Bertz CT molecular complexity index is 792. The first-order chi connectivity index (χ1) is 10.2. The molecule has 0 aliphatic heterocycles. The van der Waals surface area contributed by atoms with Gasteiger partial charge >= 0.3 is 0 Å². The lowest BCUT2D eigenvalue weighted by atomic mass is 10.2. The van der Waals surface area contributed by atoms with E-state index in [1.807, 2.05) is 41.8 Å². The van der Waals surface area contributed by atoms with Crippen LogP contribution < -0.4 is 0 Å². The molecule has 4 nitrogen and oxygen atoms in total. The zero-order chi connectivity index (χ0) is 14.7. The van der Waals surface area contributed by atoms with Crippen LogP contribution in [-0.4, -0.2) is 20.8 Å². The second-order valence-electron chi connectivity index (χ2n) is 4.25.